The van der Waals surface area contributed by atoms with Crippen molar-refractivity contribution in [2.75, 3.05) is 0 Å². The first-order valence-electron chi connectivity index (χ1n) is 12.8. The van der Waals surface area contributed by atoms with E-state index in [0.29, 0.717) is 30.8 Å². The van der Waals surface area contributed by atoms with E-state index < -0.39 is 35.0 Å². The summed E-state index contributed by atoms with van der Waals surface area (Å²) in [5.41, 5.74) is -1.48. The van der Waals surface area contributed by atoms with Crippen LogP contribution in [-0.4, -0.2) is 50.5 Å². The van der Waals surface area contributed by atoms with Gasteiger partial charge in [-0.1, -0.05) is 52.1 Å². The normalized spacial score (nSPS) is 36.8. The van der Waals surface area contributed by atoms with Crippen molar-refractivity contribution in [2.45, 2.75) is 110 Å². The molecule has 3 heterocycles. The molecule has 1 aromatic rings. The third-order valence-electron chi connectivity index (χ3n) is 7.87. The van der Waals surface area contributed by atoms with Gasteiger partial charge in [0.15, 0.2) is 11.7 Å². The first-order chi connectivity index (χ1) is 16.7. The quantitative estimate of drug-likeness (QED) is 0.421. The van der Waals surface area contributed by atoms with E-state index in [-0.39, 0.29) is 35.5 Å². The zero-order valence-corrected chi connectivity index (χ0v) is 22.9. The number of aliphatic hydroxyl groups is 2. The molecule has 0 radical (unpaired) electrons. The number of Topliss-reactive ketones (excluding diaryl/α,β-unsaturated/α-hetero) is 1. The highest BCUT2D eigenvalue weighted by Crippen LogP contribution is 2.53. The molecule has 0 bridgehead atoms. The number of aromatic nitrogens is 1. The van der Waals surface area contributed by atoms with Gasteiger partial charge in [-0.05, 0) is 38.2 Å². The molecule has 3 rings (SSSR count). The highest BCUT2D eigenvalue weighted by atomic mass is 35.5. The van der Waals surface area contributed by atoms with E-state index >= 15 is 0 Å². The molecule has 2 aliphatic heterocycles. The molecule has 6 atom stereocenters. The molecule has 8 nitrogen and oxygen atoms in total. The number of ether oxygens (including phenoxy) is 2. The number of aryl methyl sites for hydroxylation is 1. The number of esters is 1. The molecule has 2 N–H and O–H groups in total. The second-order valence-electron chi connectivity index (χ2n) is 11.3. The van der Waals surface area contributed by atoms with Gasteiger partial charge in [0, 0.05) is 19.3 Å². The molecule has 0 unspecified atom stereocenters. The van der Waals surface area contributed by atoms with Crippen LogP contribution in [0.5, 0.6) is 0 Å². The topological polar surface area (TPSA) is 122 Å². The van der Waals surface area contributed by atoms with Crippen molar-refractivity contribution < 1.29 is 33.7 Å². The second-order valence-corrected chi connectivity index (χ2v) is 11.7. The maximum atomic E-state index is 13.4. The predicted molar refractivity (Wildman–Crippen MR) is 135 cm³/mol. The van der Waals surface area contributed by atoms with Gasteiger partial charge in [0.25, 0.3) is 0 Å². The third-order valence-corrected chi connectivity index (χ3v) is 8.23. The number of fused-ring (bicyclic) bond motifs is 1. The molecule has 2 fully saturated rings. The van der Waals surface area contributed by atoms with Gasteiger partial charge in [-0.2, -0.15) is 0 Å². The summed E-state index contributed by atoms with van der Waals surface area (Å²) in [5, 5.41) is 22.2. The summed E-state index contributed by atoms with van der Waals surface area (Å²) in [4.78, 5) is 30.5. The third kappa shape index (κ3) is 6.39. The molecule has 0 aromatic carbocycles. The van der Waals surface area contributed by atoms with Gasteiger partial charge >= 0.3 is 5.97 Å². The van der Waals surface area contributed by atoms with Crippen molar-refractivity contribution in [1.29, 1.82) is 0 Å². The minimum absolute atomic E-state index is 0.0491. The average molecular weight is 526 g/mol. The minimum atomic E-state index is -1.51. The number of aliphatic hydroxyl groups excluding tert-OH is 1. The maximum absolute atomic E-state index is 13.4. The predicted octanol–water partition coefficient (Wildman–Crippen LogP) is 4.92. The van der Waals surface area contributed by atoms with E-state index in [1.807, 2.05) is 13.8 Å². The molecule has 0 saturated carbocycles. The Kier molecular flexibility index (Phi) is 8.76. The van der Waals surface area contributed by atoms with E-state index in [4.69, 9.17) is 25.5 Å². The van der Waals surface area contributed by atoms with E-state index in [1.54, 1.807) is 20.8 Å². The van der Waals surface area contributed by atoms with Crippen LogP contribution in [-0.2, 0) is 19.1 Å². The smallest absolute Gasteiger partial charge is 0.309 e. The lowest BCUT2D eigenvalue weighted by molar-refractivity contribution is -0.155. The average Bonchev–Trinajstić information content (AvgIpc) is 3.08. The molecular formula is C27H40ClNO7. The van der Waals surface area contributed by atoms with Crippen molar-refractivity contribution in [1.82, 2.24) is 4.98 Å². The first-order valence-corrected chi connectivity index (χ1v) is 13.2. The van der Waals surface area contributed by atoms with Gasteiger partial charge in [0.05, 0.1) is 23.0 Å². The summed E-state index contributed by atoms with van der Waals surface area (Å²) < 4.78 is 16.6. The van der Waals surface area contributed by atoms with Crippen LogP contribution in [0.25, 0.3) is 6.08 Å². The molecule has 0 spiro atoms. The van der Waals surface area contributed by atoms with E-state index in [0.717, 1.165) is 12.8 Å². The number of oxazole rings is 1. The molecule has 36 heavy (non-hydrogen) atoms. The number of carbonyl (C=O) groups is 2. The molecule has 0 aliphatic carbocycles. The van der Waals surface area contributed by atoms with Crippen molar-refractivity contribution in [2.24, 2.45) is 17.3 Å². The summed E-state index contributed by atoms with van der Waals surface area (Å²) >= 11 is 6.55. The largest absolute Gasteiger partial charge is 0.456 e. The summed E-state index contributed by atoms with van der Waals surface area (Å²) in [5.74, 6) is -1.76. The highest BCUT2D eigenvalue weighted by Gasteiger charge is 2.66. The summed E-state index contributed by atoms with van der Waals surface area (Å²) in [6.07, 6.45) is 3.88. The minimum Gasteiger partial charge on any atom is -0.456 e. The number of hydrogen-bond acceptors (Lipinski definition) is 8. The van der Waals surface area contributed by atoms with Gasteiger partial charge in [0.1, 0.15) is 29.4 Å². The van der Waals surface area contributed by atoms with Gasteiger partial charge in [-0.25, -0.2) is 4.98 Å². The number of epoxide rings is 1. The lowest BCUT2D eigenvalue weighted by Crippen LogP contribution is -2.43. The van der Waals surface area contributed by atoms with E-state index in [1.165, 1.54) is 12.3 Å². The van der Waals surface area contributed by atoms with Crippen LogP contribution < -0.4 is 0 Å². The Morgan fingerprint density at radius 2 is 2.00 bits per heavy atom. The van der Waals surface area contributed by atoms with Crippen LogP contribution in [0.2, 0.25) is 0 Å². The van der Waals surface area contributed by atoms with Gasteiger partial charge in [-0.15, -0.1) is 0 Å². The van der Waals surface area contributed by atoms with Crippen LogP contribution >= 0.6 is 11.6 Å². The number of cyclic esters (lactones) is 1. The number of halogens is 1. The van der Waals surface area contributed by atoms with Crippen LogP contribution in [0.3, 0.4) is 0 Å². The molecule has 1 aromatic heterocycles. The number of ketones is 1. The fourth-order valence-electron chi connectivity index (χ4n) is 5.14. The van der Waals surface area contributed by atoms with Crippen molar-refractivity contribution in [3.63, 3.8) is 0 Å². The second kappa shape index (κ2) is 10.9. The summed E-state index contributed by atoms with van der Waals surface area (Å²) in [7, 11) is 0. The maximum Gasteiger partial charge on any atom is 0.309 e. The Labute approximate surface area is 218 Å². The van der Waals surface area contributed by atoms with Gasteiger partial charge in [0.2, 0.25) is 0 Å². The number of nitrogens with zero attached hydrogens (tertiary/aromatic N) is 1. The van der Waals surface area contributed by atoms with E-state index in [9.17, 15) is 19.8 Å². The van der Waals surface area contributed by atoms with E-state index in [2.05, 4.69) is 11.9 Å². The van der Waals surface area contributed by atoms with Gasteiger partial charge in [-0.3, -0.25) is 9.59 Å². The first kappa shape index (κ1) is 28.8. The van der Waals surface area contributed by atoms with Crippen molar-refractivity contribution in [3.8, 4) is 0 Å². The monoisotopic (exact) mass is 525 g/mol. The molecule has 9 heteroatoms. The number of carbonyl (C=O) groups excluding carboxylic acids is 2. The van der Waals surface area contributed by atoms with Crippen LogP contribution in [0.15, 0.2) is 15.7 Å². The zero-order chi connectivity index (χ0) is 26.9. The Hall–Kier alpha value is -1.74. The van der Waals surface area contributed by atoms with Crippen molar-refractivity contribution >= 4 is 29.4 Å². The zero-order valence-electron chi connectivity index (χ0n) is 22.2. The fraction of sp³-hybridized carbons (Fsp3) is 0.741. The Bertz CT molecular complexity index is 989. The van der Waals surface area contributed by atoms with Crippen LogP contribution in [0, 0.1) is 24.2 Å². The molecule has 202 valence electrons. The lowest BCUT2D eigenvalue weighted by atomic mass is 9.72. The number of hydrogen-bond donors (Lipinski definition) is 2. The van der Waals surface area contributed by atoms with Gasteiger partial charge < -0.3 is 24.1 Å². The standard InChI is InChI=1S/C27H40ClNO7/c1-7-18-11-16(2)9-8-10-26(6)27(33,36-26)14-21(20(28)12-19-15-34-17(3)29-19)35-23(31)13-22(30)25(4,5)24(18)32/h12,15-16,18,21-22,30,33H,7-11,13-14H2,1-6H3/t16-,18+,21-,22-,26+,27-/m0/s1. The van der Waals surface area contributed by atoms with Crippen LogP contribution in [0.4, 0.5) is 0 Å². The van der Waals surface area contributed by atoms with Crippen LogP contribution in [0.1, 0.15) is 91.1 Å². The Morgan fingerprint density at radius 3 is 2.61 bits per heavy atom. The Balaban J connectivity index is 1.89. The summed E-state index contributed by atoms with van der Waals surface area (Å²) in [6, 6.07) is 0. The lowest BCUT2D eigenvalue weighted by Gasteiger charge is -2.33. The fourth-order valence-corrected chi connectivity index (χ4v) is 5.37. The Morgan fingerprint density at radius 1 is 1.31 bits per heavy atom. The molecule has 0 amide bonds. The molecule has 2 saturated heterocycles. The molecular weight excluding hydrogens is 486 g/mol. The SMILES string of the molecule is CC[C@@H]1C[C@@H](C)CCC[C@@]2(C)O[C@@]2(O)C[C@@H](C(Cl)=Cc2coc(C)n2)OC(=O)C[C@H](O)C(C)(C)C1=O. The molecule has 2 aliphatic rings. The summed E-state index contributed by atoms with van der Waals surface area (Å²) in [6.45, 7) is 11.0. The number of rotatable bonds is 3. The highest BCUT2D eigenvalue weighted by molar-refractivity contribution is 6.32. The van der Waals surface area contributed by atoms with Crippen molar-refractivity contribution in [3.05, 3.63) is 22.9 Å².